The Balaban J connectivity index is 2.09. The maximum absolute atomic E-state index is 5.98. The number of nitrogens with one attached hydrogen (secondary N) is 1. The van der Waals surface area contributed by atoms with Crippen LogP contribution in [0.5, 0.6) is 11.5 Å². The fourth-order valence-corrected chi connectivity index (χ4v) is 2.48. The Kier molecular flexibility index (Phi) is 5.92. The van der Waals surface area contributed by atoms with Gasteiger partial charge in [0, 0.05) is 12.1 Å². The molecular formula is C17H19Cl2NO. The minimum atomic E-state index is 0.383. The molecule has 2 aromatic carbocycles. The van der Waals surface area contributed by atoms with Crippen molar-refractivity contribution in [3.8, 4) is 11.5 Å². The number of ether oxygens (including phenoxy) is 1. The summed E-state index contributed by atoms with van der Waals surface area (Å²) >= 11 is 11.9. The van der Waals surface area contributed by atoms with Gasteiger partial charge in [-0.25, -0.2) is 0 Å². The van der Waals surface area contributed by atoms with E-state index in [1.807, 2.05) is 12.1 Å². The molecule has 0 spiro atoms. The van der Waals surface area contributed by atoms with Crippen LogP contribution in [-0.2, 0) is 0 Å². The van der Waals surface area contributed by atoms with Crippen LogP contribution in [0.4, 0.5) is 0 Å². The van der Waals surface area contributed by atoms with E-state index in [1.165, 1.54) is 5.56 Å². The van der Waals surface area contributed by atoms with Gasteiger partial charge in [-0.05, 0) is 42.8 Å². The molecule has 0 heterocycles. The van der Waals surface area contributed by atoms with E-state index in [0.29, 0.717) is 21.8 Å². The Morgan fingerprint density at radius 2 is 1.62 bits per heavy atom. The molecule has 0 radical (unpaired) electrons. The Morgan fingerprint density at radius 3 is 2.19 bits per heavy atom. The number of benzene rings is 2. The largest absolute Gasteiger partial charge is 0.457 e. The van der Waals surface area contributed by atoms with E-state index in [1.54, 1.807) is 18.2 Å². The molecule has 21 heavy (non-hydrogen) atoms. The van der Waals surface area contributed by atoms with E-state index in [-0.39, 0.29) is 0 Å². The molecule has 0 bridgehead atoms. The molecule has 0 fully saturated rings. The van der Waals surface area contributed by atoms with E-state index in [2.05, 4.69) is 31.3 Å². The van der Waals surface area contributed by atoms with Crippen LogP contribution in [0.25, 0.3) is 0 Å². The Labute approximate surface area is 136 Å². The van der Waals surface area contributed by atoms with Gasteiger partial charge in [-0.1, -0.05) is 49.2 Å². The van der Waals surface area contributed by atoms with Crippen molar-refractivity contribution in [2.45, 2.75) is 26.3 Å². The zero-order valence-electron chi connectivity index (χ0n) is 12.2. The number of hydrogen-bond donors (Lipinski definition) is 1. The van der Waals surface area contributed by atoms with E-state index in [4.69, 9.17) is 27.9 Å². The molecule has 4 heteroatoms. The van der Waals surface area contributed by atoms with E-state index >= 15 is 0 Å². The summed E-state index contributed by atoms with van der Waals surface area (Å²) in [7, 11) is 0. The molecule has 0 saturated heterocycles. The van der Waals surface area contributed by atoms with Crippen LogP contribution in [0, 0.1) is 0 Å². The van der Waals surface area contributed by atoms with Gasteiger partial charge in [-0.2, -0.15) is 0 Å². The van der Waals surface area contributed by atoms with Crippen molar-refractivity contribution in [3.05, 3.63) is 58.1 Å². The molecule has 2 nitrogen and oxygen atoms in total. The topological polar surface area (TPSA) is 21.3 Å². The lowest BCUT2D eigenvalue weighted by atomic mass is 10.0. The first-order valence-electron chi connectivity index (χ1n) is 7.10. The zero-order chi connectivity index (χ0) is 15.2. The van der Waals surface area contributed by atoms with Crippen LogP contribution < -0.4 is 10.1 Å². The van der Waals surface area contributed by atoms with Gasteiger partial charge < -0.3 is 10.1 Å². The zero-order valence-corrected chi connectivity index (χ0v) is 13.7. The van der Waals surface area contributed by atoms with Crippen LogP contribution in [0.15, 0.2) is 42.5 Å². The highest BCUT2D eigenvalue weighted by Crippen LogP contribution is 2.30. The fourth-order valence-electron chi connectivity index (χ4n) is 2.19. The minimum absolute atomic E-state index is 0.383. The van der Waals surface area contributed by atoms with Crippen LogP contribution in [0.2, 0.25) is 10.0 Å². The van der Waals surface area contributed by atoms with Gasteiger partial charge in [-0.15, -0.1) is 0 Å². The summed E-state index contributed by atoms with van der Waals surface area (Å²) in [6, 6.07) is 13.7. The molecule has 0 aliphatic rings. The van der Waals surface area contributed by atoms with Crippen LogP contribution in [0.3, 0.4) is 0 Å². The second-order valence-electron chi connectivity index (χ2n) is 4.77. The predicted molar refractivity (Wildman–Crippen MR) is 89.7 cm³/mol. The molecule has 0 amide bonds. The Hall–Kier alpha value is -1.22. The van der Waals surface area contributed by atoms with Crippen molar-refractivity contribution in [1.82, 2.24) is 5.32 Å². The van der Waals surface area contributed by atoms with Crippen molar-refractivity contribution in [3.63, 3.8) is 0 Å². The van der Waals surface area contributed by atoms with Crippen molar-refractivity contribution >= 4 is 23.2 Å². The number of hydrogen-bond acceptors (Lipinski definition) is 2. The average Bonchev–Trinajstić information content (AvgIpc) is 2.49. The summed E-state index contributed by atoms with van der Waals surface area (Å²) in [5.74, 6) is 1.46. The quantitative estimate of drug-likeness (QED) is 0.720. The third-order valence-electron chi connectivity index (χ3n) is 3.27. The van der Waals surface area contributed by atoms with Crippen molar-refractivity contribution in [2.75, 3.05) is 6.54 Å². The molecule has 112 valence electrons. The maximum Gasteiger partial charge on any atom is 0.129 e. The Morgan fingerprint density at radius 1 is 0.952 bits per heavy atom. The van der Waals surface area contributed by atoms with Gasteiger partial charge in [0.05, 0.1) is 10.0 Å². The molecule has 0 aliphatic heterocycles. The van der Waals surface area contributed by atoms with E-state index in [9.17, 15) is 0 Å². The maximum atomic E-state index is 5.98. The molecule has 1 unspecified atom stereocenters. The normalized spacial score (nSPS) is 12.2. The van der Waals surface area contributed by atoms with Crippen LogP contribution in [-0.4, -0.2) is 6.54 Å². The van der Waals surface area contributed by atoms with Gasteiger partial charge in [0.15, 0.2) is 0 Å². The first kappa shape index (κ1) is 16.2. The molecule has 0 aliphatic carbocycles. The summed E-state index contributed by atoms with van der Waals surface area (Å²) in [5, 5.41) is 4.47. The molecule has 1 N–H and O–H groups in total. The van der Waals surface area contributed by atoms with Gasteiger partial charge in [0.1, 0.15) is 11.5 Å². The van der Waals surface area contributed by atoms with E-state index < -0.39 is 0 Å². The number of halogens is 2. The van der Waals surface area contributed by atoms with Crippen molar-refractivity contribution < 1.29 is 4.74 Å². The highest BCUT2D eigenvalue weighted by molar-refractivity contribution is 6.42. The molecule has 2 rings (SSSR count). The monoisotopic (exact) mass is 323 g/mol. The highest BCUT2D eigenvalue weighted by atomic mass is 35.5. The van der Waals surface area contributed by atoms with Crippen molar-refractivity contribution in [2.24, 2.45) is 0 Å². The SMILES string of the molecule is CCNC(CC)c1ccc(Oc2ccc(Cl)c(Cl)c2)cc1. The van der Waals surface area contributed by atoms with Gasteiger partial charge in [-0.3, -0.25) is 0 Å². The second kappa shape index (κ2) is 7.69. The smallest absolute Gasteiger partial charge is 0.129 e. The van der Waals surface area contributed by atoms with Gasteiger partial charge in [0.2, 0.25) is 0 Å². The summed E-state index contributed by atoms with van der Waals surface area (Å²) in [4.78, 5) is 0. The lowest BCUT2D eigenvalue weighted by molar-refractivity contribution is 0.481. The standard InChI is InChI=1S/C17H19Cl2NO/c1-3-17(20-4-2)12-5-7-13(8-6-12)21-14-9-10-15(18)16(19)11-14/h5-11,17,20H,3-4H2,1-2H3. The third-order valence-corrected chi connectivity index (χ3v) is 4.01. The molecule has 2 aromatic rings. The van der Waals surface area contributed by atoms with Gasteiger partial charge >= 0.3 is 0 Å². The third kappa shape index (κ3) is 4.37. The van der Waals surface area contributed by atoms with E-state index in [0.717, 1.165) is 18.7 Å². The first-order chi connectivity index (χ1) is 10.1. The number of rotatable bonds is 6. The summed E-state index contributed by atoms with van der Waals surface area (Å²) in [5.41, 5.74) is 1.26. The molecular weight excluding hydrogens is 305 g/mol. The van der Waals surface area contributed by atoms with Crippen LogP contribution in [0.1, 0.15) is 31.9 Å². The second-order valence-corrected chi connectivity index (χ2v) is 5.58. The minimum Gasteiger partial charge on any atom is -0.457 e. The summed E-state index contributed by atoms with van der Waals surface area (Å²) in [6.45, 7) is 5.25. The Bertz CT molecular complexity index is 584. The average molecular weight is 324 g/mol. The van der Waals surface area contributed by atoms with Crippen LogP contribution >= 0.6 is 23.2 Å². The molecule has 0 saturated carbocycles. The lowest BCUT2D eigenvalue weighted by Crippen LogP contribution is -2.19. The predicted octanol–water partition coefficient (Wildman–Crippen LogP) is 5.85. The van der Waals surface area contributed by atoms with Crippen molar-refractivity contribution in [1.29, 1.82) is 0 Å². The first-order valence-corrected chi connectivity index (χ1v) is 7.85. The molecule has 1 atom stereocenters. The lowest BCUT2D eigenvalue weighted by Gasteiger charge is -2.16. The fraction of sp³-hybridized carbons (Fsp3) is 0.294. The van der Waals surface area contributed by atoms with Gasteiger partial charge in [0.25, 0.3) is 0 Å². The molecule has 0 aromatic heterocycles. The summed E-state index contributed by atoms with van der Waals surface area (Å²) in [6.07, 6.45) is 1.06. The highest BCUT2D eigenvalue weighted by Gasteiger charge is 2.08. The summed E-state index contributed by atoms with van der Waals surface area (Å²) < 4.78 is 5.78.